The minimum atomic E-state index is -2.98. The predicted molar refractivity (Wildman–Crippen MR) is 115 cm³/mol. The number of benzene rings is 1. The number of hydrogen-bond acceptors (Lipinski definition) is 1. The summed E-state index contributed by atoms with van der Waals surface area (Å²) in [7, 11) is 1.57. The van der Waals surface area contributed by atoms with E-state index in [4.69, 9.17) is 5.73 Å². The lowest BCUT2D eigenvalue weighted by molar-refractivity contribution is -0.122. The maximum atomic E-state index is 13.7. The first kappa shape index (κ1) is 22.9. The van der Waals surface area contributed by atoms with Gasteiger partial charge in [-0.25, -0.2) is 0 Å². The third kappa shape index (κ3) is 6.62. The van der Waals surface area contributed by atoms with Crippen LogP contribution in [0.1, 0.15) is 82.4 Å². The molecule has 2 rings (SSSR count). The summed E-state index contributed by atoms with van der Waals surface area (Å²) in [6.45, 7) is 8.46. The molecule has 1 aromatic carbocycles. The molecule has 0 spiro atoms. The Balaban J connectivity index is 2.28. The minimum absolute atomic E-state index is 0.0584. The number of nitrogens with two attached hydrogens (primary N) is 1. The van der Waals surface area contributed by atoms with E-state index in [2.05, 4.69) is 32.7 Å². The lowest BCUT2D eigenvalue weighted by Gasteiger charge is -2.18. The highest BCUT2D eigenvalue weighted by molar-refractivity contribution is 7.17. The highest BCUT2D eigenvalue weighted by Crippen LogP contribution is 2.44. The second kappa shape index (κ2) is 9.43. The maximum absolute atomic E-state index is 13.7. The number of rotatable bonds is 9. The SMILES string of the molecule is CC(C)CCC(CC(C)C)C(=O)N=C(N)c1ccc(C(F)(F)P)cc1C1CC1. The topological polar surface area (TPSA) is 55.5 Å². The minimum Gasteiger partial charge on any atom is -0.383 e. The van der Waals surface area contributed by atoms with E-state index >= 15 is 0 Å². The van der Waals surface area contributed by atoms with Crippen LogP contribution in [-0.4, -0.2) is 11.7 Å². The molecular weight excluding hydrogens is 377 g/mol. The van der Waals surface area contributed by atoms with Crippen molar-refractivity contribution in [3.05, 3.63) is 34.9 Å². The van der Waals surface area contributed by atoms with Gasteiger partial charge in [-0.3, -0.25) is 4.79 Å². The van der Waals surface area contributed by atoms with Gasteiger partial charge in [0.2, 0.25) is 0 Å². The normalized spacial score (nSPS) is 16.7. The van der Waals surface area contributed by atoms with Crippen molar-refractivity contribution in [2.75, 3.05) is 0 Å². The molecule has 2 unspecified atom stereocenters. The van der Waals surface area contributed by atoms with Crippen molar-refractivity contribution in [1.29, 1.82) is 0 Å². The Kier molecular flexibility index (Phi) is 7.73. The first-order chi connectivity index (χ1) is 13.0. The predicted octanol–water partition coefficient (Wildman–Crippen LogP) is 5.82. The molecule has 156 valence electrons. The number of carbonyl (C=O) groups excluding carboxylic acids is 1. The van der Waals surface area contributed by atoms with Crippen LogP contribution < -0.4 is 5.73 Å². The smallest absolute Gasteiger partial charge is 0.283 e. The van der Waals surface area contributed by atoms with Crippen LogP contribution in [0.3, 0.4) is 0 Å². The van der Waals surface area contributed by atoms with Crippen LogP contribution in [0.25, 0.3) is 0 Å². The Morgan fingerprint density at radius 1 is 1.21 bits per heavy atom. The summed E-state index contributed by atoms with van der Waals surface area (Å²) >= 11 is 0. The van der Waals surface area contributed by atoms with Gasteiger partial charge in [0.15, 0.2) is 0 Å². The van der Waals surface area contributed by atoms with E-state index in [1.165, 1.54) is 12.1 Å². The van der Waals surface area contributed by atoms with Crippen molar-refractivity contribution in [2.45, 2.75) is 71.4 Å². The van der Waals surface area contributed by atoms with Crippen molar-refractivity contribution in [3.8, 4) is 0 Å². The fraction of sp³-hybridized carbons (Fsp3) is 0.636. The molecule has 1 aromatic rings. The summed E-state index contributed by atoms with van der Waals surface area (Å²) in [6.07, 6.45) is 4.42. The van der Waals surface area contributed by atoms with Gasteiger partial charge in [-0.05, 0) is 55.1 Å². The standard InChI is InChI=1S/C22H33F2N2OP/c1-13(2)5-6-16(11-14(3)4)21(27)26-20(25)18-10-9-17(22(23,24)28)12-19(18)15-7-8-15/h9-10,12-16H,5-8,11,28H2,1-4H3,(H2,25,26,27). The summed E-state index contributed by atoms with van der Waals surface area (Å²) in [4.78, 5) is 17.0. The molecule has 3 nitrogen and oxygen atoms in total. The molecule has 0 bridgehead atoms. The summed E-state index contributed by atoms with van der Waals surface area (Å²) in [6, 6.07) is 4.46. The van der Waals surface area contributed by atoms with Gasteiger partial charge in [-0.15, -0.1) is 0 Å². The molecule has 1 aliphatic rings. The van der Waals surface area contributed by atoms with E-state index < -0.39 is 5.66 Å². The molecular formula is C22H33F2N2OP. The average molecular weight is 410 g/mol. The van der Waals surface area contributed by atoms with Crippen molar-refractivity contribution in [1.82, 2.24) is 0 Å². The Morgan fingerprint density at radius 3 is 2.36 bits per heavy atom. The van der Waals surface area contributed by atoms with Crippen LogP contribution in [0.4, 0.5) is 8.78 Å². The number of carbonyl (C=O) groups is 1. The molecule has 0 heterocycles. The number of amidine groups is 1. The monoisotopic (exact) mass is 410 g/mol. The zero-order chi connectivity index (χ0) is 21.1. The molecule has 0 saturated heterocycles. The van der Waals surface area contributed by atoms with E-state index in [9.17, 15) is 13.6 Å². The molecule has 1 amide bonds. The molecule has 2 atom stereocenters. The van der Waals surface area contributed by atoms with Crippen molar-refractivity contribution in [3.63, 3.8) is 0 Å². The van der Waals surface area contributed by atoms with Crippen LogP contribution in [0, 0.1) is 17.8 Å². The van der Waals surface area contributed by atoms with E-state index in [1.807, 2.05) is 0 Å². The van der Waals surface area contributed by atoms with Crippen molar-refractivity contribution >= 4 is 21.0 Å². The number of nitrogens with zero attached hydrogens (tertiary/aromatic N) is 1. The molecule has 0 aliphatic heterocycles. The first-order valence-corrected chi connectivity index (χ1v) is 10.8. The van der Waals surface area contributed by atoms with Crippen LogP contribution in [0.15, 0.2) is 23.2 Å². The number of halogens is 2. The molecule has 1 fully saturated rings. The Hall–Kier alpha value is -1.35. The second-order valence-electron chi connectivity index (χ2n) is 8.83. The molecule has 0 aromatic heterocycles. The number of alkyl halides is 2. The third-order valence-corrected chi connectivity index (χ3v) is 5.49. The summed E-state index contributed by atoms with van der Waals surface area (Å²) in [5.41, 5.74) is 4.53. The van der Waals surface area contributed by atoms with E-state index in [0.29, 0.717) is 17.4 Å². The van der Waals surface area contributed by atoms with Gasteiger partial charge in [0, 0.05) is 17.0 Å². The summed E-state index contributed by atoms with van der Waals surface area (Å²) < 4.78 is 27.4. The largest absolute Gasteiger partial charge is 0.383 e. The van der Waals surface area contributed by atoms with E-state index in [0.717, 1.165) is 37.7 Å². The molecule has 6 heteroatoms. The Morgan fingerprint density at radius 2 is 1.86 bits per heavy atom. The quantitative estimate of drug-likeness (QED) is 0.317. The molecule has 1 aliphatic carbocycles. The van der Waals surface area contributed by atoms with Gasteiger partial charge in [-0.2, -0.15) is 13.8 Å². The molecule has 0 radical (unpaired) electrons. The first-order valence-electron chi connectivity index (χ1n) is 10.2. The number of hydrogen-bond donors (Lipinski definition) is 1. The molecule has 1 saturated carbocycles. The number of aliphatic imine (C=N–C) groups is 1. The lowest BCUT2D eigenvalue weighted by Crippen LogP contribution is -2.22. The van der Waals surface area contributed by atoms with Gasteiger partial charge in [0.05, 0.1) is 0 Å². The van der Waals surface area contributed by atoms with E-state index in [1.54, 1.807) is 15.3 Å². The highest BCUT2D eigenvalue weighted by Gasteiger charge is 2.31. The molecule has 2 N–H and O–H groups in total. The van der Waals surface area contributed by atoms with Crippen LogP contribution in [0.5, 0.6) is 0 Å². The maximum Gasteiger partial charge on any atom is 0.283 e. The third-order valence-electron chi connectivity index (χ3n) is 5.16. The fourth-order valence-electron chi connectivity index (χ4n) is 3.45. The highest BCUT2D eigenvalue weighted by atomic mass is 31.0. The van der Waals surface area contributed by atoms with Gasteiger partial charge in [-0.1, -0.05) is 55.5 Å². The Bertz CT molecular complexity index is 722. The van der Waals surface area contributed by atoms with Crippen LogP contribution in [0.2, 0.25) is 0 Å². The van der Waals surface area contributed by atoms with E-state index in [-0.39, 0.29) is 29.1 Å². The van der Waals surface area contributed by atoms with Gasteiger partial charge < -0.3 is 5.73 Å². The van der Waals surface area contributed by atoms with Gasteiger partial charge in [0.25, 0.3) is 11.6 Å². The fourth-order valence-corrected chi connectivity index (χ4v) is 3.63. The second-order valence-corrected chi connectivity index (χ2v) is 9.56. The summed E-state index contributed by atoms with van der Waals surface area (Å²) in [5.74, 6) is 0.923. The molecule has 28 heavy (non-hydrogen) atoms. The zero-order valence-electron chi connectivity index (χ0n) is 17.3. The lowest BCUT2D eigenvalue weighted by atomic mass is 9.90. The van der Waals surface area contributed by atoms with Crippen LogP contribution >= 0.6 is 9.24 Å². The number of amides is 1. The Labute approximate surface area is 169 Å². The van der Waals surface area contributed by atoms with Crippen molar-refractivity contribution in [2.24, 2.45) is 28.5 Å². The summed E-state index contributed by atoms with van der Waals surface area (Å²) in [5, 5.41) is 0. The van der Waals surface area contributed by atoms with Gasteiger partial charge in [0.1, 0.15) is 5.84 Å². The van der Waals surface area contributed by atoms with Crippen LogP contribution in [-0.2, 0) is 10.5 Å². The average Bonchev–Trinajstić information content (AvgIpc) is 3.41. The zero-order valence-corrected chi connectivity index (χ0v) is 18.5. The van der Waals surface area contributed by atoms with Crippen molar-refractivity contribution < 1.29 is 13.6 Å². The van der Waals surface area contributed by atoms with Gasteiger partial charge >= 0.3 is 0 Å².